The fourth-order valence-electron chi connectivity index (χ4n) is 4.54. The molecule has 0 spiro atoms. The Morgan fingerprint density at radius 2 is 1.84 bits per heavy atom. The minimum atomic E-state index is -3.54. The number of nitrogens with one attached hydrogen (secondary N) is 2. The Hall–Kier alpha value is -2.88. The van der Waals surface area contributed by atoms with Gasteiger partial charge in [0.2, 0.25) is 0 Å². The van der Waals surface area contributed by atoms with Crippen molar-refractivity contribution in [2.75, 3.05) is 32.1 Å². The lowest BCUT2D eigenvalue weighted by Gasteiger charge is -2.31. The molecule has 0 atom stereocenters. The predicted octanol–water partition coefficient (Wildman–Crippen LogP) is 5.54. The fraction of sp³-hybridized carbons (Fsp3) is 0.414. The molecule has 1 aromatic heterocycles. The van der Waals surface area contributed by atoms with Crippen molar-refractivity contribution < 1.29 is 17.9 Å². The van der Waals surface area contributed by atoms with E-state index < -0.39 is 10.0 Å². The number of sulfonamides is 1. The Kier molecular flexibility index (Phi) is 9.82. The van der Waals surface area contributed by atoms with Gasteiger partial charge >= 0.3 is 0 Å². The van der Waals surface area contributed by atoms with Crippen molar-refractivity contribution >= 4 is 33.0 Å². The first kappa shape index (κ1) is 28.1. The molecule has 0 unspecified atom stereocenters. The third-order valence-corrected chi connectivity index (χ3v) is 10.4. The van der Waals surface area contributed by atoms with Crippen LogP contribution >= 0.6 is 11.3 Å². The zero-order valence-corrected chi connectivity index (χ0v) is 23.7. The van der Waals surface area contributed by atoms with Crippen LogP contribution in [0, 0.1) is 5.92 Å². The molecule has 9 heteroatoms. The number of amides is 1. The molecule has 204 valence electrons. The van der Waals surface area contributed by atoms with Crippen LogP contribution < -0.4 is 15.4 Å². The average molecular weight is 556 g/mol. The highest BCUT2D eigenvalue weighted by Gasteiger charge is 2.30. The maximum absolute atomic E-state index is 13.2. The van der Waals surface area contributed by atoms with Crippen molar-refractivity contribution in [2.24, 2.45) is 5.92 Å². The van der Waals surface area contributed by atoms with E-state index >= 15 is 0 Å². The summed E-state index contributed by atoms with van der Waals surface area (Å²) in [5.74, 6) is 0.815. The second-order valence-corrected chi connectivity index (χ2v) is 13.0. The summed E-state index contributed by atoms with van der Waals surface area (Å²) in [5, 5.41) is 6.38. The van der Waals surface area contributed by atoms with Gasteiger partial charge in [0, 0.05) is 35.8 Å². The number of methoxy groups -OCH3 is 1. The number of carbonyl (C=O) groups excluding carboxylic acids is 1. The van der Waals surface area contributed by atoms with Crippen LogP contribution in [-0.2, 0) is 23.0 Å². The number of nitrogens with zero attached hydrogens (tertiary/aromatic N) is 1. The van der Waals surface area contributed by atoms with Gasteiger partial charge in [0.05, 0.1) is 13.7 Å². The highest BCUT2D eigenvalue weighted by Crippen LogP contribution is 2.29. The molecule has 2 aromatic carbocycles. The Labute approximate surface area is 230 Å². The van der Waals surface area contributed by atoms with Crippen molar-refractivity contribution in [3.63, 3.8) is 0 Å². The second-order valence-electron chi connectivity index (χ2n) is 9.66. The molecule has 1 fully saturated rings. The maximum atomic E-state index is 13.2. The summed E-state index contributed by atoms with van der Waals surface area (Å²) >= 11 is 1.21. The molecule has 3 aromatic rings. The summed E-state index contributed by atoms with van der Waals surface area (Å²) in [7, 11) is -1.99. The number of piperidine rings is 1. The lowest BCUT2D eigenvalue weighted by Crippen LogP contribution is -2.39. The smallest absolute Gasteiger partial charge is 0.252 e. The third-order valence-electron chi connectivity index (χ3n) is 6.93. The van der Waals surface area contributed by atoms with E-state index in [0.29, 0.717) is 34.5 Å². The van der Waals surface area contributed by atoms with E-state index in [-0.39, 0.29) is 12.5 Å². The molecule has 4 rings (SSSR count). The number of aryl methyl sites for hydroxylation is 1. The van der Waals surface area contributed by atoms with Crippen LogP contribution in [0.4, 0.5) is 5.69 Å². The van der Waals surface area contributed by atoms with Gasteiger partial charge < -0.3 is 15.4 Å². The summed E-state index contributed by atoms with van der Waals surface area (Å²) in [6, 6.07) is 19.0. The van der Waals surface area contributed by atoms with E-state index in [9.17, 15) is 13.2 Å². The molecule has 1 aliphatic rings. The number of ether oxygens (including phenoxy) is 1. The molecule has 2 heterocycles. The van der Waals surface area contributed by atoms with Gasteiger partial charge in [0.25, 0.3) is 15.9 Å². The summed E-state index contributed by atoms with van der Waals surface area (Å²) in [4.78, 5) is 13.3. The third kappa shape index (κ3) is 7.36. The number of carbonyl (C=O) groups is 1. The first-order chi connectivity index (χ1) is 18.4. The summed E-state index contributed by atoms with van der Waals surface area (Å²) in [6.45, 7) is 4.36. The SMILES string of the molecule is CCCCc1ccc(NCC2CCN(S(=O)(=O)c3ccc(CNC(=O)c4cccc(OC)c4)s3)CC2)cc1. The largest absolute Gasteiger partial charge is 0.497 e. The van der Waals surface area contributed by atoms with Crippen LogP contribution in [0.1, 0.15) is 53.4 Å². The number of thiophene rings is 1. The second kappa shape index (κ2) is 13.3. The van der Waals surface area contributed by atoms with Crippen LogP contribution in [0.2, 0.25) is 0 Å². The highest BCUT2D eigenvalue weighted by atomic mass is 32.2. The Bertz CT molecular complexity index is 1300. The molecule has 2 N–H and O–H groups in total. The van der Waals surface area contributed by atoms with E-state index in [4.69, 9.17) is 4.74 Å². The Balaban J connectivity index is 1.24. The van der Waals surface area contributed by atoms with E-state index in [1.54, 1.807) is 47.8 Å². The van der Waals surface area contributed by atoms with Crippen molar-refractivity contribution in [2.45, 2.75) is 49.8 Å². The summed E-state index contributed by atoms with van der Waals surface area (Å²) < 4.78 is 33.6. The quantitative estimate of drug-likeness (QED) is 0.306. The predicted molar refractivity (Wildman–Crippen MR) is 154 cm³/mol. The van der Waals surface area contributed by atoms with Gasteiger partial charge in [-0.25, -0.2) is 8.42 Å². The normalized spacial score (nSPS) is 14.8. The Morgan fingerprint density at radius 3 is 2.55 bits per heavy atom. The minimum absolute atomic E-state index is 0.232. The lowest BCUT2D eigenvalue weighted by molar-refractivity contribution is 0.0951. The number of anilines is 1. The molecule has 1 aliphatic heterocycles. The monoisotopic (exact) mass is 555 g/mol. The molecular weight excluding hydrogens is 518 g/mol. The summed E-state index contributed by atoms with van der Waals surface area (Å²) in [6.07, 6.45) is 5.19. The van der Waals surface area contributed by atoms with Gasteiger partial charge in [-0.05, 0) is 79.6 Å². The van der Waals surface area contributed by atoms with Gasteiger partial charge in [-0.15, -0.1) is 11.3 Å². The van der Waals surface area contributed by atoms with Crippen molar-refractivity contribution in [1.82, 2.24) is 9.62 Å². The fourth-order valence-corrected chi connectivity index (χ4v) is 7.46. The number of unbranched alkanes of at least 4 members (excludes halogenated alkanes) is 1. The molecule has 1 amide bonds. The van der Waals surface area contributed by atoms with Crippen LogP contribution in [0.3, 0.4) is 0 Å². The molecular formula is C29H37N3O4S2. The highest BCUT2D eigenvalue weighted by molar-refractivity contribution is 7.91. The zero-order valence-electron chi connectivity index (χ0n) is 22.1. The van der Waals surface area contributed by atoms with E-state index in [2.05, 4.69) is 41.8 Å². The average Bonchev–Trinajstić information content (AvgIpc) is 3.44. The van der Waals surface area contributed by atoms with Crippen LogP contribution in [0.25, 0.3) is 0 Å². The topological polar surface area (TPSA) is 87.7 Å². The van der Waals surface area contributed by atoms with Crippen molar-refractivity contribution in [3.8, 4) is 5.75 Å². The molecule has 0 aliphatic carbocycles. The summed E-state index contributed by atoms with van der Waals surface area (Å²) in [5.41, 5.74) is 2.98. The van der Waals surface area contributed by atoms with Gasteiger partial charge in [-0.2, -0.15) is 4.31 Å². The molecule has 0 radical (unpaired) electrons. The Morgan fingerprint density at radius 1 is 1.08 bits per heavy atom. The molecule has 0 saturated carbocycles. The molecule has 7 nitrogen and oxygen atoms in total. The first-order valence-corrected chi connectivity index (χ1v) is 15.5. The zero-order chi connectivity index (χ0) is 27.0. The van der Waals surface area contributed by atoms with Crippen molar-refractivity contribution in [3.05, 3.63) is 76.7 Å². The number of rotatable bonds is 12. The van der Waals surface area contributed by atoms with Gasteiger partial charge in [-0.1, -0.05) is 31.5 Å². The standard InChI is InChI=1S/C29H37N3O4S2/c1-3-4-6-22-9-11-25(12-10-22)30-20-23-15-17-32(18-16-23)38(34,35)28-14-13-27(37-28)21-31-29(33)24-7-5-8-26(19-24)36-2/h5,7-14,19,23,30H,3-4,6,15-18,20-21H2,1-2H3,(H,31,33). The van der Waals surface area contributed by atoms with Crippen LogP contribution in [-0.4, -0.2) is 45.4 Å². The van der Waals surface area contributed by atoms with E-state index in [1.807, 2.05) is 0 Å². The van der Waals surface area contributed by atoms with Crippen LogP contribution in [0.15, 0.2) is 64.9 Å². The first-order valence-electron chi connectivity index (χ1n) is 13.2. The molecule has 0 bridgehead atoms. The van der Waals surface area contributed by atoms with Crippen molar-refractivity contribution in [1.29, 1.82) is 0 Å². The minimum Gasteiger partial charge on any atom is -0.497 e. The van der Waals surface area contributed by atoms with Gasteiger partial charge in [-0.3, -0.25) is 4.79 Å². The number of hydrogen-bond acceptors (Lipinski definition) is 6. The number of benzene rings is 2. The molecule has 1 saturated heterocycles. The maximum Gasteiger partial charge on any atom is 0.252 e. The lowest BCUT2D eigenvalue weighted by atomic mass is 9.98. The number of hydrogen-bond donors (Lipinski definition) is 2. The molecule has 38 heavy (non-hydrogen) atoms. The van der Waals surface area contributed by atoms with Gasteiger partial charge in [0.1, 0.15) is 9.96 Å². The van der Waals surface area contributed by atoms with Gasteiger partial charge in [0.15, 0.2) is 0 Å². The van der Waals surface area contributed by atoms with Crippen LogP contribution in [0.5, 0.6) is 5.75 Å². The van der Waals surface area contributed by atoms with E-state index in [1.165, 1.54) is 29.7 Å². The van der Waals surface area contributed by atoms with E-state index in [0.717, 1.165) is 36.4 Å².